The molecule has 0 fully saturated rings. The van der Waals surface area contributed by atoms with E-state index < -0.39 is 0 Å². The van der Waals surface area contributed by atoms with E-state index in [1.807, 2.05) is 26.8 Å². The van der Waals surface area contributed by atoms with Crippen molar-refractivity contribution in [3.05, 3.63) is 27.8 Å². The monoisotopic (exact) mass is 240 g/mol. The smallest absolute Gasteiger partial charge is 0.126 e. The van der Waals surface area contributed by atoms with Gasteiger partial charge in [-0.1, -0.05) is 24.6 Å². The maximum Gasteiger partial charge on any atom is 0.126 e. The minimum Gasteiger partial charge on any atom is -0.496 e. The van der Waals surface area contributed by atoms with Crippen LogP contribution in [-0.4, -0.2) is 13.4 Å². The molecule has 1 atom stereocenters. The minimum atomic E-state index is 0.155. The first-order valence-corrected chi connectivity index (χ1v) is 5.67. The van der Waals surface area contributed by atoms with Gasteiger partial charge < -0.3 is 9.53 Å². The van der Waals surface area contributed by atoms with E-state index in [2.05, 4.69) is 0 Å². The van der Waals surface area contributed by atoms with E-state index in [4.69, 9.17) is 16.3 Å². The van der Waals surface area contributed by atoms with Crippen LogP contribution >= 0.6 is 11.6 Å². The molecule has 1 aromatic carbocycles. The van der Waals surface area contributed by atoms with Crippen LogP contribution in [0.5, 0.6) is 5.75 Å². The fourth-order valence-corrected chi connectivity index (χ4v) is 2.02. The standard InChI is InChI=1S/C13H17ClO2/c1-8(5-6-15)11-7-9(2)12(14)10(3)13(11)16-4/h6-8H,5H2,1-4H3. The molecule has 0 saturated carbocycles. The van der Waals surface area contributed by atoms with Crippen molar-refractivity contribution >= 4 is 17.9 Å². The summed E-state index contributed by atoms with van der Waals surface area (Å²) in [5.41, 5.74) is 3.01. The van der Waals surface area contributed by atoms with Crippen LogP contribution in [-0.2, 0) is 4.79 Å². The summed E-state index contributed by atoms with van der Waals surface area (Å²) >= 11 is 6.17. The molecule has 0 N–H and O–H groups in total. The number of hydrogen-bond donors (Lipinski definition) is 0. The van der Waals surface area contributed by atoms with E-state index in [1.165, 1.54) is 0 Å². The van der Waals surface area contributed by atoms with Crippen LogP contribution in [0.4, 0.5) is 0 Å². The number of aldehydes is 1. The second kappa shape index (κ2) is 5.35. The summed E-state index contributed by atoms with van der Waals surface area (Å²) < 4.78 is 5.38. The third kappa shape index (κ3) is 2.38. The molecule has 2 nitrogen and oxygen atoms in total. The van der Waals surface area contributed by atoms with E-state index in [-0.39, 0.29) is 5.92 Å². The summed E-state index contributed by atoms with van der Waals surface area (Å²) in [5.74, 6) is 0.951. The molecule has 0 bridgehead atoms. The first kappa shape index (κ1) is 13.0. The van der Waals surface area contributed by atoms with Crippen molar-refractivity contribution in [3.8, 4) is 5.75 Å². The number of hydrogen-bond acceptors (Lipinski definition) is 2. The van der Waals surface area contributed by atoms with Crippen LogP contribution < -0.4 is 4.74 Å². The minimum absolute atomic E-state index is 0.155. The molecule has 88 valence electrons. The van der Waals surface area contributed by atoms with Crippen LogP contribution in [0.15, 0.2) is 6.07 Å². The average molecular weight is 241 g/mol. The summed E-state index contributed by atoms with van der Waals surface area (Å²) in [7, 11) is 1.63. The Morgan fingerprint density at radius 1 is 1.50 bits per heavy atom. The lowest BCUT2D eigenvalue weighted by molar-refractivity contribution is -0.108. The number of carbonyl (C=O) groups is 1. The molecule has 3 heteroatoms. The van der Waals surface area contributed by atoms with Gasteiger partial charge in [-0.2, -0.15) is 0 Å². The topological polar surface area (TPSA) is 26.3 Å². The van der Waals surface area contributed by atoms with Crippen molar-refractivity contribution < 1.29 is 9.53 Å². The van der Waals surface area contributed by atoms with Gasteiger partial charge in [0.1, 0.15) is 12.0 Å². The number of carbonyl (C=O) groups excluding carboxylic acids is 1. The summed E-state index contributed by atoms with van der Waals surface area (Å²) in [5, 5.41) is 0.735. The molecular formula is C13H17ClO2. The molecule has 16 heavy (non-hydrogen) atoms. The van der Waals surface area contributed by atoms with Crippen molar-refractivity contribution in [1.29, 1.82) is 0 Å². The lowest BCUT2D eigenvalue weighted by Crippen LogP contribution is -2.02. The van der Waals surface area contributed by atoms with Gasteiger partial charge in [0.05, 0.1) is 12.1 Å². The molecular weight excluding hydrogens is 224 g/mol. The Morgan fingerprint density at radius 3 is 2.62 bits per heavy atom. The first-order valence-electron chi connectivity index (χ1n) is 5.30. The molecule has 0 spiro atoms. The van der Waals surface area contributed by atoms with Crippen LogP contribution in [0.25, 0.3) is 0 Å². The normalized spacial score (nSPS) is 12.3. The molecule has 1 unspecified atom stereocenters. The largest absolute Gasteiger partial charge is 0.496 e. The second-order valence-corrected chi connectivity index (χ2v) is 4.44. The maximum atomic E-state index is 10.6. The summed E-state index contributed by atoms with van der Waals surface area (Å²) in [6.07, 6.45) is 1.43. The Hall–Kier alpha value is -1.02. The van der Waals surface area contributed by atoms with Gasteiger partial charge in [-0.3, -0.25) is 0 Å². The van der Waals surface area contributed by atoms with Crippen LogP contribution in [0, 0.1) is 13.8 Å². The highest BCUT2D eigenvalue weighted by atomic mass is 35.5. The van der Waals surface area contributed by atoms with Gasteiger partial charge >= 0.3 is 0 Å². The van der Waals surface area contributed by atoms with E-state index in [1.54, 1.807) is 7.11 Å². The quantitative estimate of drug-likeness (QED) is 0.751. The molecule has 0 aliphatic carbocycles. The van der Waals surface area contributed by atoms with Gasteiger partial charge in [0.25, 0.3) is 0 Å². The Kier molecular flexibility index (Phi) is 4.36. The Balaban J connectivity index is 3.32. The summed E-state index contributed by atoms with van der Waals surface area (Å²) in [6, 6.07) is 2.00. The van der Waals surface area contributed by atoms with Gasteiger partial charge in [0.15, 0.2) is 0 Å². The van der Waals surface area contributed by atoms with Crippen LogP contribution in [0.1, 0.15) is 36.0 Å². The first-order chi connectivity index (χ1) is 7.52. The zero-order valence-electron chi connectivity index (χ0n) is 10.1. The van der Waals surface area contributed by atoms with Gasteiger partial charge in [0, 0.05) is 12.0 Å². The second-order valence-electron chi connectivity index (χ2n) is 4.06. The zero-order chi connectivity index (χ0) is 12.3. The molecule has 0 radical (unpaired) electrons. The van der Waals surface area contributed by atoms with Crippen molar-refractivity contribution in [3.63, 3.8) is 0 Å². The number of halogens is 1. The number of ether oxygens (including phenoxy) is 1. The average Bonchev–Trinajstić information content (AvgIpc) is 2.26. The molecule has 0 aliphatic heterocycles. The third-order valence-corrected chi connectivity index (χ3v) is 3.42. The van der Waals surface area contributed by atoms with Crippen molar-refractivity contribution in [2.24, 2.45) is 0 Å². The predicted octanol–water partition coefficient (Wildman–Crippen LogP) is 3.66. The predicted molar refractivity (Wildman–Crippen MR) is 66.6 cm³/mol. The molecule has 0 heterocycles. The van der Waals surface area contributed by atoms with E-state index in [0.29, 0.717) is 6.42 Å². The van der Waals surface area contributed by atoms with Gasteiger partial charge in [-0.05, 0) is 30.9 Å². The highest BCUT2D eigenvalue weighted by Crippen LogP contribution is 2.37. The fraction of sp³-hybridized carbons (Fsp3) is 0.462. The number of aryl methyl sites for hydroxylation is 1. The van der Waals surface area contributed by atoms with Crippen molar-refractivity contribution in [1.82, 2.24) is 0 Å². The van der Waals surface area contributed by atoms with E-state index in [0.717, 1.165) is 33.7 Å². The molecule has 0 amide bonds. The fourth-order valence-electron chi connectivity index (χ4n) is 1.88. The Bertz CT molecular complexity index is 399. The molecule has 1 aromatic rings. The number of methoxy groups -OCH3 is 1. The summed E-state index contributed by atoms with van der Waals surface area (Å²) in [6.45, 7) is 5.91. The zero-order valence-corrected chi connectivity index (χ0v) is 10.9. The van der Waals surface area contributed by atoms with Crippen LogP contribution in [0.2, 0.25) is 5.02 Å². The lowest BCUT2D eigenvalue weighted by Gasteiger charge is -2.18. The third-order valence-electron chi connectivity index (χ3n) is 2.84. The summed E-state index contributed by atoms with van der Waals surface area (Å²) in [4.78, 5) is 10.6. The Morgan fingerprint density at radius 2 is 2.12 bits per heavy atom. The molecule has 0 aliphatic rings. The van der Waals surface area contributed by atoms with E-state index in [9.17, 15) is 4.79 Å². The number of benzene rings is 1. The van der Waals surface area contributed by atoms with Crippen LogP contribution in [0.3, 0.4) is 0 Å². The van der Waals surface area contributed by atoms with Crippen molar-refractivity contribution in [2.75, 3.05) is 7.11 Å². The number of rotatable bonds is 4. The Labute approximate surface area is 102 Å². The maximum absolute atomic E-state index is 10.6. The van der Waals surface area contributed by atoms with E-state index >= 15 is 0 Å². The van der Waals surface area contributed by atoms with Crippen molar-refractivity contribution in [2.45, 2.75) is 33.1 Å². The molecule has 0 saturated heterocycles. The molecule has 0 aromatic heterocycles. The van der Waals surface area contributed by atoms with Gasteiger partial charge in [-0.15, -0.1) is 0 Å². The molecule has 1 rings (SSSR count). The van der Waals surface area contributed by atoms with Gasteiger partial charge in [0.2, 0.25) is 0 Å². The lowest BCUT2D eigenvalue weighted by atomic mass is 9.93. The SMILES string of the molecule is COc1c(C(C)CC=O)cc(C)c(Cl)c1C. The van der Waals surface area contributed by atoms with Gasteiger partial charge in [-0.25, -0.2) is 0 Å². The highest BCUT2D eigenvalue weighted by molar-refractivity contribution is 6.32. The highest BCUT2D eigenvalue weighted by Gasteiger charge is 2.16.